The number of hydrogen-bond acceptors (Lipinski definition) is 4. The second-order valence-corrected chi connectivity index (χ2v) is 6.82. The molecule has 2 N–H and O–H groups in total. The molecule has 2 aromatic carbocycles. The van der Waals surface area contributed by atoms with E-state index in [0.717, 1.165) is 30.1 Å². The first-order valence-corrected chi connectivity index (χ1v) is 9.71. The van der Waals surface area contributed by atoms with Gasteiger partial charge in [-0.25, -0.2) is 0 Å². The van der Waals surface area contributed by atoms with E-state index >= 15 is 0 Å². The van der Waals surface area contributed by atoms with Gasteiger partial charge in [0.05, 0.1) is 6.61 Å². The van der Waals surface area contributed by atoms with E-state index in [2.05, 4.69) is 4.90 Å². The molecule has 148 valence electrons. The Balaban J connectivity index is 1.50. The highest BCUT2D eigenvalue weighted by molar-refractivity contribution is 5.93. The van der Waals surface area contributed by atoms with E-state index in [1.54, 1.807) is 12.1 Å². The Morgan fingerprint density at radius 2 is 1.68 bits per heavy atom. The summed E-state index contributed by atoms with van der Waals surface area (Å²) in [7, 11) is 0. The molecule has 2 aromatic rings. The molecule has 0 spiro atoms. The molecule has 0 aliphatic carbocycles. The number of anilines is 1. The number of rotatable bonds is 7. The van der Waals surface area contributed by atoms with Gasteiger partial charge in [0.1, 0.15) is 5.75 Å². The normalized spacial score (nSPS) is 14.0. The standard InChI is InChI=1S/C22H27N3O3/c1-2-28-20-6-4-3-5-17(20)9-12-21(26)25-15-13-24(14-16-25)19-10-7-18(8-11-19)22(23)27/h3-8,10-11H,2,9,12-16H2,1H3,(H2,23,27). The Kier molecular flexibility index (Phi) is 6.53. The smallest absolute Gasteiger partial charge is 0.248 e. The van der Waals surface area contributed by atoms with E-state index in [1.807, 2.05) is 48.2 Å². The second kappa shape index (κ2) is 9.26. The zero-order valence-corrected chi connectivity index (χ0v) is 16.3. The average Bonchev–Trinajstić information content (AvgIpc) is 2.73. The van der Waals surface area contributed by atoms with Crippen molar-refractivity contribution in [2.45, 2.75) is 19.8 Å². The van der Waals surface area contributed by atoms with Crippen molar-refractivity contribution in [2.75, 3.05) is 37.7 Å². The third kappa shape index (κ3) is 4.82. The van der Waals surface area contributed by atoms with Crippen LogP contribution in [0.1, 0.15) is 29.3 Å². The molecule has 1 aliphatic heterocycles. The lowest BCUT2D eigenvalue weighted by atomic mass is 10.1. The van der Waals surface area contributed by atoms with Gasteiger partial charge in [0.25, 0.3) is 0 Å². The number of aryl methyl sites for hydroxylation is 1. The van der Waals surface area contributed by atoms with Crippen molar-refractivity contribution in [1.29, 1.82) is 0 Å². The largest absolute Gasteiger partial charge is 0.494 e. The minimum Gasteiger partial charge on any atom is -0.494 e. The summed E-state index contributed by atoms with van der Waals surface area (Å²) in [5.74, 6) is 0.616. The Morgan fingerprint density at radius 3 is 2.32 bits per heavy atom. The van der Waals surface area contributed by atoms with Gasteiger partial charge in [0, 0.05) is 43.9 Å². The summed E-state index contributed by atoms with van der Waals surface area (Å²) in [6, 6.07) is 15.2. The highest BCUT2D eigenvalue weighted by atomic mass is 16.5. The van der Waals surface area contributed by atoms with Crippen LogP contribution in [0.3, 0.4) is 0 Å². The fourth-order valence-electron chi connectivity index (χ4n) is 3.46. The number of para-hydroxylation sites is 1. The van der Waals surface area contributed by atoms with Gasteiger partial charge in [-0.3, -0.25) is 9.59 Å². The predicted octanol–water partition coefficient (Wildman–Crippen LogP) is 2.47. The number of piperazine rings is 1. The Morgan fingerprint density at radius 1 is 1.00 bits per heavy atom. The van der Waals surface area contributed by atoms with Crippen molar-refractivity contribution in [1.82, 2.24) is 4.90 Å². The molecular weight excluding hydrogens is 354 g/mol. The van der Waals surface area contributed by atoms with Crippen molar-refractivity contribution in [3.05, 3.63) is 59.7 Å². The van der Waals surface area contributed by atoms with Gasteiger partial charge in [-0.2, -0.15) is 0 Å². The summed E-state index contributed by atoms with van der Waals surface area (Å²) in [5.41, 5.74) is 7.91. The fourth-order valence-corrected chi connectivity index (χ4v) is 3.46. The van der Waals surface area contributed by atoms with Crippen molar-refractivity contribution in [3.63, 3.8) is 0 Å². The van der Waals surface area contributed by atoms with Crippen molar-refractivity contribution in [2.24, 2.45) is 5.73 Å². The molecular formula is C22H27N3O3. The second-order valence-electron chi connectivity index (χ2n) is 6.82. The highest BCUT2D eigenvalue weighted by Crippen LogP contribution is 2.21. The van der Waals surface area contributed by atoms with E-state index in [0.29, 0.717) is 38.1 Å². The molecule has 0 atom stereocenters. The first-order chi connectivity index (χ1) is 13.6. The van der Waals surface area contributed by atoms with Gasteiger partial charge in [-0.15, -0.1) is 0 Å². The van der Waals surface area contributed by atoms with Gasteiger partial charge >= 0.3 is 0 Å². The topological polar surface area (TPSA) is 75.9 Å². The lowest BCUT2D eigenvalue weighted by molar-refractivity contribution is -0.131. The minimum absolute atomic E-state index is 0.176. The Labute approximate surface area is 165 Å². The number of benzene rings is 2. The lowest BCUT2D eigenvalue weighted by Gasteiger charge is -2.36. The maximum Gasteiger partial charge on any atom is 0.248 e. The predicted molar refractivity (Wildman–Crippen MR) is 110 cm³/mol. The number of carbonyl (C=O) groups excluding carboxylic acids is 2. The lowest BCUT2D eigenvalue weighted by Crippen LogP contribution is -2.48. The average molecular weight is 381 g/mol. The number of nitrogens with two attached hydrogens (primary N) is 1. The molecule has 0 radical (unpaired) electrons. The molecule has 2 amide bonds. The SMILES string of the molecule is CCOc1ccccc1CCC(=O)N1CCN(c2ccc(C(N)=O)cc2)CC1. The minimum atomic E-state index is -0.423. The first kappa shape index (κ1) is 19.7. The number of carbonyl (C=O) groups is 2. The highest BCUT2D eigenvalue weighted by Gasteiger charge is 2.21. The molecule has 1 aliphatic rings. The van der Waals surface area contributed by atoms with Gasteiger partial charge in [-0.1, -0.05) is 18.2 Å². The molecule has 6 heteroatoms. The molecule has 1 fully saturated rings. The summed E-state index contributed by atoms with van der Waals surface area (Å²) in [5, 5.41) is 0. The Bertz CT molecular complexity index is 812. The molecule has 0 aromatic heterocycles. The summed E-state index contributed by atoms with van der Waals surface area (Å²) in [4.78, 5) is 28.0. The number of primary amides is 1. The third-order valence-electron chi connectivity index (χ3n) is 5.03. The van der Waals surface area contributed by atoms with Crippen molar-refractivity contribution in [3.8, 4) is 5.75 Å². The van der Waals surface area contributed by atoms with Crippen LogP contribution in [0.2, 0.25) is 0 Å². The maximum atomic E-state index is 12.6. The summed E-state index contributed by atoms with van der Waals surface area (Å²) < 4.78 is 5.64. The molecule has 0 unspecified atom stereocenters. The van der Waals surface area contributed by atoms with E-state index in [-0.39, 0.29) is 5.91 Å². The third-order valence-corrected chi connectivity index (χ3v) is 5.03. The summed E-state index contributed by atoms with van der Waals surface area (Å²) in [6.07, 6.45) is 1.17. The van der Waals surface area contributed by atoms with Crippen LogP contribution in [-0.2, 0) is 11.2 Å². The molecule has 6 nitrogen and oxygen atoms in total. The van der Waals surface area contributed by atoms with Crippen molar-refractivity contribution >= 4 is 17.5 Å². The zero-order chi connectivity index (χ0) is 19.9. The summed E-state index contributed by atoms with van der Waals surface area (Å²) >= 11 is 0. The van der Waals surface area contributed by atoms with E-state index in [4.69, 9.17) is 10.5 Å². The van der Waals surface area contributed by atoms with Crippen LogP contribution in [0, 0.1) is 0 Å². The molecule has 3 rings (SSSR count). The van der Waals surface area contributed by atoms with Crippen LogP contribution in [0.5, 0.6) is 5.75 Å². The number of nitrogens with zero attached hydrogens (tertiary/aromatic N) is 2. The van der Waals surface area contributed by atoms with Gasteiger partial charge < -0.3 is 20.3 Å². The number of ether oxygens (including phenoxy) is 1. The van der Waals surface area contributed by atoms with E-state index in [9.17, 15) is 9.59 Å². The molecule has 28 heavy (non-hydrogen) atoms. The Hall–Kier alpha value is -3.02. The number of amides is 2. The van der Waals surface area contributed by atoms with Crippen LogP contribution >= 0.6 is 0 Å². The van der Waals surface area contributed by atoms with Gasteiger partial charge in [-0.05, 0) is 49.2 Å². The van der Waals surface area contributed by atoms with E-state index < -0.39 is 5.91 Å². The first-order valence-electron chi connectivity index (χ1n) is 9.71. The van der Waals surface area contributed by atoms with Crippen LogP contribution < -0.4 is 15.4 Å². The maximum absolute atomic E-state index is 12.6. The van der Waals surface area contributed by atoms with Crippen molar-refractivity contribution < 1.29 is 14.3 Å². The van der Waals surface area contributed by atoms with Crippen LogP contribution in [0.25, 0.3) is 0 Å². The number of hydrogen-bond donors (Lipinski definition) is 1. The fraction of sp³-hybridized carbons (Fsp3) is 0.364. The molecule has 1 heterocycles. The molecule has 1 saturated heterocycles. The monoisotopic (exact) mass is 381 g/mol. The van der Waals surface area contributed by atoms with Crippen LogP contribution in [0.4, 0.5) is 5.69 Å². The molecule has 0 saturated carbocycles. The van der Waals surface area contributed by atoms with Gasteiger partial charge in [0.2, 0.25) is 11.8 Å². The molecule has 0 bridgehead atoms. The zero-order valence-electron chi connectivity index (χ0n) is 16.3. The van der Waals surface area contributed by atoms with Gasteiger partial charge in [0.15, 0.2) is 0 Å². The quantitative estimate of drug-likeness (QED) is 0.799. The van der Waals surface area contributed by atoms with Crippen LogP contribution in [-0.4, -0.2) is 49.5 Å². The van der Waals surface area contributed by atoms with Crippen LogP contribution in [0.15, 0.2) is 48.5 Å². The summed E-state index contributed by atoms with van der Waals surface area (Å²) in [6.45, 7) is 5.53. The van der Waals surface area contributed by atoms with E-state index in [1.165, 1.54) is 0 Å².